The minimum atomic E-state index is -1.45. The number of aromatic nitrogens is 1. The topological polar surface area (TPSA) is 209 Å². The number of primary amides is 1. The molecule has 2 rings (SSSR count). The van der Waals surface area contributed by atoms with E-state index < -0.39 is 60.2 Å². The molecule has 13 heteroatoms. The van der Waals surface area contributed by atoms with Crippen LogP contribution in [0, 0.1) is 5.92 Å². The standard InChI is InChI=1S/C26H38N6O6S/c1-14(2)10-19(30-23(34)17(27)8-9-39-3)24(35)31-20(12-22(28)33)25(36)32-21(26(37)38)11-15-13-29-18-7-5-4-6-16(15)18/h4-7,13-14,17,19-21,29H,8-12,27H2,1-3H3,(H2,28,33)(H,30,34)(H,31,35)(H,32,36)(H,37,38). The van der Waals surface area contributed by atoms with Gasteiger partial charge in [0.2, 0.25) is 23.6 Å². The molecule has 4 unspecified atom stereocenters. The van der Waals surface area contributed by atoms with Crippen molar-refractivity contribution in [3.05, 3.63) is 36.0 Å². The SMILES string of the molecule is CSCCC(N)C(=O)NC(CC(C)C)C(=O)NC(CC(N)=O)C(=O)NC(Cc1c[nH]c2ccccc12)C(=O)O. The quantitative estimate of drug-likeness (QED) is 0.150. The van der Waals surface area contributed by atoms with Crippen LogP contribution >= 0.6 is 11.8 Å². The first-order valence-electron chi connectivity index (χ1n) is 12.6. The first kappa shape index (κ1) is 31.6. The van der Waals surface area contributed by atoms with E-state index in [9.17, 15) is 29.1 Å². The highest BCUT2D eigenvalue weighted by Crippen LogP contribution is 2.19. The number of aliphatic carboxylic acids is 1. The number of hydrogen-bond donors (Lipinski definition) is 7. The number of rotatable bonds is 16. The lowest BCUT2D eigenvalue weighted by Crippen LogP contribution is -2.58. The molecule has 0 bridgehead atoms. The highest BCUT2D eigenvalue weighted by molar-refractivity contribution is 7.98. The third kappa shape index (κ3) is 9.91. The second-order valence-corrected chi connectivity index (χ2v) is 10.8. The zero-order valence-corrected chi connectivity index (χ0v) is 23.2. The molecule has 1 heterocycles. The fraction of sp³-hybridized carbons (Fsp3) is 0.500. The summed E-state index contributed by atoms with van der Waals surface area (Å²) in [6.45, 7) is 3.71. The Kier molecular flexibility index (Phi) is 12.3. The van der Waals surface area contributed by atoms with Crippen LogP contribution in [0.1, 0.15) is 38.7 Å². The molecular formula is C26H38N6O6S. The van der Waals surface area contributed by atoms with Crippen molar-refractivity contribution in [1.82, 2.24) is 20.9 Å². The van der Waals surface area contributed by atoms with Gasteiger partial charge in [-0.15, -0.1) is 0 Å². The van der Waals surface area contributed by atoms with Gasteiger partial charge in [-0.1, -0.05) is 32.0 Å². The monoisotopic (exact) mass is 562 g/mol. The highest BCUT2D eigenvalue weighted by atomic mass is 32.2. The molecule has 0 aliphatic heterocycles. The molecular weight excluding hydrogens is 524 g/mol. The molecule has 0 aliphatic carbocycles. The molecule has 2 aromatic rings. The molecule has 0 aliphatic rings. The second-order valence-electron chi connectivity index (χ2n) is 9.77. The number of hydrogen-bond acceptors (Lipinski definition) is 7. The smallest absolute Gasteiger partial charge is 0.326 e. The molecule has 0 spiro atoms. The van der Waals surface area contributed by atoms with Gasteiger partial charge in [-0.2, -0.15) is 11.8 Å². The number of thioether (sulfide) groups is 1. The van der Waals surface area contributed by atoms with E-state index in [1.54, 1.807) is 6.20 Å². The van der Waals surface area contributed by atoms with Crippen LogP contribution in [-0.2, 0) is 30.4 Å². The zero-order chi connectivity index (χ0) is 29.1. The van der Waals surface area contributed by atoms with E-state index in [-0.39, 0.29) is 18.8 Å². The van der Waals surface area contributed by atoms with Crippen molar-refractivity contribution in [2.24, 2.45) is 17.4 Å². The van der Waals surface area contributed by atoms with E-state index in [4.69, 9.17) is 11.5 Å². The minimum Gasteiger partial charge on any atom is -0.480 e. The number of aromatic amines is 1. The summed E-state index contributed by atoms with van der Waals surface area (Å²) in [5, 5.41) is 18.1. The van der Waals surface area contributed by atoms with Gasteiger partial charge in [-0.3, -0.25) is 19.2 Å². The van der Waals surface area contributed by atoms with Gasteiger partial charge in [-0.25, -0.2) is 4.79 Å². The van der Waals surface area contributed by atoms with E-state index >= 15 is 0 Å². The van der Waals surface area contributed by atoms with Crippen molar-refractivity contribution in [3.63, 3.8) is 0 Å². The minimum absolute atomic E-state index is 0.000506. The third-order valence-corrected chi connectivity index (χ3v) is 6.71. The van der Waals surface area contributed by atoms with Gasteiger partial charge in [0.05, 0.1) is 12.5 Å². The average molecular weight is 563 g/mol. The Morgan fingerprint density at radius 1 is 0.974 bits per heavy atom. The zero-order valence-electron chi connectivity index (χ0n) is 22.4. The van der Waals surface area contributed by atoms with E-state index in [1.165, 1.54) is 11.8 Å². The van der Waals surface area contributed by atoms with Crippen LogP contribution in [0.15, 0.2) is 30.5 Å². The van der Waals surface area contributed by atoms with Crippen LogP contribution in [0.4, 0.5) is 0 Å². The summed E-state index contributed by atoms with van der Waals surface area (Å²) in [7, 11) is 0. The molecule has 1 aromatic heterocycles. The molecule has 1 aromatic carbocycles. The fourth-order valence-corrected chi connectivity index (χ4v) is 4.52. The lowest BCUT2D eigenvalue weighted by atomic mass is 10.0. The largest absolute Gasteiger partial charge is 0.480 e. The number of H-pyrrole nitrogens is 1. The average Bonchev–Trinajstić information content (AvgIpc) is 3.28. The van der Waals surface area contributed by atoms with Crippen molar-refractivity contribution in [2.75, 3.05) is 12.0 Å². The summed E-state index contributed by atoms with van der Waals surface area (Å²) in [5.41, 5.74) is 12.7. The van der Waals surface area contributed by atoms with Gasteiger partial charge in [-0.05, 0) is 42.4 Å². The summed E-state index contributed by atoms with van der Waals surface area (Å²) in [5.74, 6) is -3.60. The van der Waals surface area contributed by atoms with Crippen LogP contribution in [0.5, 0.6) is 0 Å². The van der Waals surface area contributed by atoms with Crippen LogP contribution in [-0.4, -0.2) is 75.9 Å². The molecule has 4 atom stereocenters. The lowest BCUT2D eigenvalue weighted by molar-refractivity contribution is -0.142. The number of para-hydroxylation sites is 1. The van der Waals surface area contributed by atoms with Gasteiger partial charge in [0.15, 0.2) is 0 Å². The predicted octanol–water partition coefficient (Wildman–Crippen LogP) is 0.251. The fourth-order valence-electron chi connectivity index (χ4n) is 4.03. The van der Waals surface area contributed by atoms with Crippen molar-refractivity contribution in [1.29, 1.82) is 0 Å². The number of carbonyl (C=O) groups excluding carboxylic acids is 4. The normalized spacial score (nSPS) is 14.3. The Hall–Kier alpha value is -3.58. The molecule has 0 saturated heterocycles. The van der Waals surface area contributed by atoms with Gasteiger partial charge in [0.1, 0.15) is 18.1 Å². The first-order valence-corrected chi connectivity index (χ1v) is 14.0. The molecule has 12 nitrogen and oxygen atoms in total. The van der Waals surface area contributed by atoms with E-state index in [2.05, 4.69) is 20.9 Å². The van der Waals surface area contributed by atoms with Gasteiger partial charge >= 0.3 is 5.97 Å². The van der Waals surface area contributed by atoms with E-state index in [0.29, 0.717) is 17.7 Å². The van der Waals surface area contributed by atoms with Crippen LogP contribution in [0.3, 0.4) is 0 Å². The maximum Gasteiger partial charge on any atom is 0.326 e. The van der Waals surface area contributed by atoms with Crippen molar-refractivity contribution in [3.8, 4) is 0 Å². The molecule has 9 N–H and O–H groups in total. The summed E-state index contributed by atoms with van der Waals surface area (Å²) < 4.78 is 0. The number of carboxylic acids is 1. The van der Waals surface area contributed by atoms with Crippen molar-refractivity contribution >= 4 is 52.3 Å². The van der Waals surface area contributed by atoms with Crippen LogP contribution in [0.25, 0.3) is 10.9 Å². The lowest BCUT2D eigenvalue weighted by Gasteiger charge is -2.25. The van der Waals surface area contributed by atoms with Crippen LogP contribution in [0.2, 0.25) is 0 Å². The molecule has 214 valence electrons. The van der Waals surface area contributed by atoms with E-state index in [1.807, 2.05) is 44.4 Å². The molecule has 4 amide bonds. The summed E-state index contributed by atoms with van der Waals surface area (Å²) in [6.07, 6.45) is 3.62. The van der Waals surface area contributed by atoms with Crippen molar-refractivity contribution < 1.29 is 29.1 Å². The number of nitrogens with one attached hydrogen (secondary N) is 4. The number of carboxylic acid groups (broad SMARTS) is 1. The number of carbonyl (C=O) groups is 5. The van der Waals surface area contributed by atoms with Gasteiger partial charge in [0, 0.05) is 23.5 Å². The Morgan fingerprint density at radius 3 is 2.21 bits per heavy atom. The maximum absolute atomic E-state index is 13.1. The number of amides is 4. The Bertz CT molecular complexity index is 1170. The molecule has 39 heavy (non-hydrogen) atoms. The highest BCUT2D eigenvalue weighted by Gasteiger charge is 2.32. The summed E-state index contributed by atoms with van der Waals surface area (Å²) >= 11 is 1.54. The Morgan fingerprint density at radius 2 is 1.59 bits per heavy atom. The molecule has 0 fully saturated rings. The van der Waals surface area contributed by atoms with Crippen LogP contribution < -0.4 is 27.4 Å². The number of nitrogens with two attached hydrogens (primary N) is 2. The predicted molar refractivity (Wildman–Crippen MR) is 150 cm³/mol. The summed E-state index contributed by atoms with van der Waals surface area (Å²) in [4.78, 5) is 65.6. The number of benzene rings is 1. The van der Waals surface area contributed by atoms with Gasteiger partial charge in [0.25, 0.3) is 0 Å². The van der Waals surface area contributed by atoms with Gasteiger partial charge < -0.3 is 37.5 Å². The number of fused-ring (bicyclic) bond motifs is 1. The first-order chi connectivity index (χ1) is 18.4. The second kappa shape index (κ2) is 15.1. The Labute approximate surface area is 231 Å². The van der Waals surface area contributed by atoms with Crippen molar-refractivity contribution in [2.45, 2.75) is 63.7 Å². The molecule has 0 radical (unpaired) electrons. The Balaban J connectivity index is 2.17. The third-order valence-electron chi connectivity index (χ3n) is 6.06. The van der Waals surface area contributed by atoms with E-state index in [0.717, 1.165) is 10.9 Å². The maximum atomic E-state index is 13.1. The summed E-state index contributed by atoms with van der Waals surface area (Å²) in [6, 6.07) is 2.69. The molecule has 0 saturated carbocycles.